The van der Waals surface area contributed by atoms with Crippen molar-refractivity contribution in [1.29, 1.82) is 5.26 Å². The highest BCUT2D eigenvalue weighted by atomic mass is 32.1. The van der Waals surface area contributed by atoms with Crippen molar-refractivity contribution < 1.29 is 9.53 Å². The monoisotopic (exact) mass is 351 g/mol. The van der Waals surface area contributed by atoms with Crippen LogP contribution < -0.4 is 4.74 Å². The van der Waals surface area contributed by atoms with Crippen molar-refractivity contribution in [3.05, 3.63) is 59.1 Å². The molecule has 0 fully saturated rings. The third kappa shape index (κ3) is 3.95. The van der Waals surface area contributed by atoms with E-state index in [-0.39, 0.29) is 5.91 Å². The van der Waals surface area contributed by atoms with Gasteiger partial charge in [0.05, 0.1) is 28.4 Å². The molecule has 1 atom stereocenters. The fourth-order valence-corrected chi connectivity index (χ4v) is 3.46. The van der Waals surface area contributed by atoms with Gasteiger partial charge in [-0.1, -0.05) is 12.1 Å². The maximum atomic E-state index is 12.5. The van der Waals surface area contributed by atoms with E-state index >= 15 is 0 Å². The lowest BCUT2D eigenvalue weighted by Crippen LogP contribution is -2.37. The third-order valence-corrected chi connectivity index (χ3v) is 4.75. The second kappa shape index (κ2) is 7.32. The molecule has 0 radical (unpaired) electrons. The molecule has 2 aromatic carbocycles. The molecule has 0 bridgehead atoms. The molecule has 0 aliphatic carbocycles. The van der Waals surface area contributed by atoms with Crippen LogP contribution in [-0.4, -0.2) is 28.9 Å². The Bertz CT molecular complexity index is 895. The van der Waals surface area contributed by atoms with Crippen LogP contribution in [0.15, 0.2) is 48.5 Å². The number of hydrogen-bond donors (Lipinski definition) is 0. The normalized spacial score (nSPS) is 11.7. The molecule has 1 aromatic heterocycles. The van der Waals surface area contributed by atoms with Gasteiger partial charge in [0.25, 0.3) is 5.91 Å². The van der Waals surface area contributed by atoms with Crippen LogP contribution in [0.25, 0.3) is 10.2 Å². The smallest absolute Gasteiger partial charge is 0.263 e. The van der Waals surface area contributed by atoms with Gasteiger partial charge < -0.3 is 9.64 Å². The van der Waals surface area contributed by atoms with Crippen molar-refractivity contribution in [2.75, 3.05) is 7.05 Å². The molecule has 3 aromatic rings. The first-order chi connectivity index (χ1) is 12.1. The number of nitriles is 1. The van der Waals surface area contributed by atoms with Gasteiger partial charge >= 0.3 is 0 Å². The largest absolute Gasteiger partial charge is 0.481 e. The second-order valence-corrected chi connectivity index (χ2v) is 6.78. The summed E-state index contributed by atoms with van der Waals surface area (Å²) in [5.74, 6) is 0.442. The number of thiazole rings is 1. The summed E-state index contributed by atoms with van der Waals surface area (Å²) in [6, 6.07) is 16.7. The summed E-state index contributed by atoms with van der Waals surface area (Å²) >= 11 is 1.59. The Hall–Kier alpha value is -2.91. The predicted octanol–water partition coefficient (Wildman–Crippen LogP) is 3.59. The highest BCUT2D eigenvalue weighted by Crippen LogP contribution is 2.22. The molecule has 1 heterocycles. The van der Waals surface area contributed by atoms with Crippen molar-refractivity contribution in [2.24, 2.45) is 0 Å². The molecule has 3 rings (SSSR count). The molecule has 126 valence electrons. The highest BCUT2D eigenvalue weighted by Gasteiger charge is 2.20. The minimum Gasteiger partial charge on any atom is -0.481 e. The molecule has 5 nitrogen and oxygen atoms in total. The maximum Gasteiger partial charge on any atom is 0.263 e. The number of fused-ring (bicyclic) bond motifs is 1. The Morgan fingerprint density at radius 2 is 2.00 bits per heavy atom. The molecule has 0 saturated carbocycles. The van der Waals surface area contributed by atoms with Gasteiger partial charge in [0.1, 0.15) is 10.8 Å². The molecular weight excluding hydrogens is 334 g/mol. The van der Waals surface area contributed by atoms with Crippen molar-refractivity contribution in [2.45, 2.75) is 19.6 Å². The number of nitrogens with zero attached hydrogens (tertiary/aromatic N) is 3. The standard InChI is InChI=1S/C19H17N3O2S/c1-13(24-15-9-7-14(11-20)8-10-15)19(23)22(2)12-18-21-16-5-3-4-6-17(16)25-18/h3-10,13H,12H2,1-2H3/t13-/m1/s1. The topological polar surface area (TPSA) is 66.2 Å². The highest BCUT2D eigenvalue weighted by molar-refractivity contribution is 7.18. The van der Waals surface area contributed by atoms with E-state index in [2.05, 4.69) is 11.1 Å². The van der Waals surface area contributed by atoms with Crippen LogP contribution >= 0.6 is 11.3 Å². The van der Waals surface area contributed by atoms with E-state index in [0.29, 0.717) is 17.9 Å². The summed E-state index contributed by atoms with van der Waals surface area (Å²) in [6.45, 7) is 2.16. The van der Waals surface area contributed by atoms with Crippen molar-refractivity contribution >= 4 is 27.5 Å². The molecule has 1 amide bonds. The molecule has 25 heavy (non-hydrogen) atoms. The summed E-state index contributed by atoms with van der Waals surface area (Å²) in [4.78, 5) is 18.7. The Morgan fingerprint density at radius 3 is 2.68 bits per heavy atom. The fourth-order valence-electron chi connectivity index (χ4n) is 2.44. The summed E-state index contributed by atoms with van der Waals surface area (Å²) < 4.78 is 6.79. The van der Waals surface area contributed by atoms with Crippen LogP contribution in [0.3, 0.4) is 0 Å². The molecule has 0 unspecified atom stereocenters. The third-order valence-electron chi connectivity index (χ3n) is 3.73. The van der Waals surface area contributed by atoms with E-state index in [1.807, 2.05) is 24.3 Å². The zero-order valence-corrected chi connectivity index (χ0v) is 14.8. The number of aromatic nitrogens is 1. The van der Waals surface area contributed by atoms with Crippen LogP contribution in [0, 0.1) is 11.3 Å². The lowest BCUT2D eigenvalue weighted by Gasteiger charge is -2.21. The Balaban J connectivity index is 1.63. The van der Waals surface area contributed by atoms with Crippen LogP contribution in [-0.2, 0) is 11.3 Å². The summed E-state index contributed by atoms with van der Waals surface area (Å²) in [7, 11) is 1.74. The minimum atomic E-state index is -0.618. The van der Waals surface area contributed by atoms with Crippen LogP contribution in [0.4, 0.5) is 0 Å². The van der Waals surface area contributed by atoms with Crippen LogP contribution in [0.1, 0.15) is 17.5 Å². The number of ether oxygens (including phenoxy) is 1. The van der Waals surface area contributed by atoms with Gasteiger partial charge in [0.2, 0.25) is 0 Å². The van der Waals surface area contributed by atoms with Gasteiger partial charge in [-0.15, -0.1) is 11.3 Å². The van der Waals surface area contributed by atoms with Gasteiger partial charge in [-0.3, -0.25) is 4.79 Å². The van der Waals surface area contributed by atoms with Gasteiger partial charge in [0.15, 0.2) is 6.10 Å². The van der Waals surface area contributed by atoms with E-state index in [4.69, 9.17) is 10.00 Å². The first-order valence-electron chi connectivity index (χ1n) is 7.83. The van der Waals surface area contributed by atoms with E-state index in [9.17, 15) is 4.79 Å². The zero-order chi connectivity index (χ0) is 17.8. The average molecular weight is 351 g/mol. The van der Waals surface area contributed by atoms with Gasteiger partial charge in [-0.05, 0) is 43.3 Å². The predicted molar refractivity (Wildman–Crippen MR) is 97.3 cm³/mol. The van der Waals surface area contributed by atoms with Crippen LogP contribution in [0.5, 0.6) is 5.75 Å². The van der Waals surface area contributed by atoms with Gasteiger partial charge in [0, 0.05) is 7.05 Å². The molecule has 6 heteroatoms. The van der Waals surface area contributed by atoms with E-state index in [1.165, 1.54) is 0 Å². The van der Waals surface area contributed by atoms with Gasteiger partial charge in [-0.2, -0.15) is 5.26 Å². The van der Waals surface area contributed by atoms with E-state index in [0.717, 1.165) is 15.2 Å². The lowest BCUT2D eigenvalue weighted by molar-refractivity contribution is -0.137. The molecule has 0 spiro atoms. The number of rotatable bonds is 5. The molecular formula is C19H17N3O2S. The van der Waals surface area contributed by atoms with Crippen molar-refractivity contribution in [3.8, 4) is 11.8 Å². The minimum absolute atomic E-state index is 0.122. The zero-order valence-electron chi connectivity index (χ0n) is 14.0. The van der Waals surface area contributed by atoms with Crippen LogP contribution in [0.2, 0.25) is 0 Å². The quantitative estimate of drug-likeness (QED) is 0.704. The molecule has 0 aliphatic heterocycles. The Labute approximate surface area is 150 Å². The number of carbonyl (C=O) groups is 1. The second-order valence-electron chi connectivity index (χ2n) is 5.67. The van der Waals surface area contributed by atoms with E-state index in [1.54, 1.807) is 54.5 Å². The first kappa shape index (κ1) is 16.9. The molecule has 0 saturated heterocycles. The summed E-state index contributed by atoms with van der Waals surface area (Å²) in [6.07, 6.45) is -0.618. The SMILES string of the molecule is C[C@@H](Oc1ccc(C#N)cc1)C(=O)N(C)Cc1nc2ccccc2s1. The van der Waals surface area contributed by atoms with Crippen molar-refractivity contribution in [1.82, 2.24) is 9.88 Å². The summed E-state index contributed by atoms with van der Waals surface area (Å²) in [5.41, 5.74) is 1.50. The molecule has 0 N–H and O–H groups in total. The number of carbonyl (C=O) groups excluding carboxylic acids is 1. The Morgan fingerprint density at radius 1 is 1.28 bits per heavy atom. The van der Waals surface area contributed by atoms with E-state index < -0.39 is 6.10 Å². The number of benzene rings is 2. The fraction of sp³-hybridized carbons (Fsp3) is 0.211. The number of amides is 1. The Kier molecular flexibility index (Phi) is 4.96. The van der Waals surface area contributed by atoms with Crippen molar-refractivity contribution in [3.63, 3.8) is 0 Å². The lowest BCUT2D eigenvalue weighted by atomic mass is 10.2. The first-order valence-corrected chi connectivity index (χ1v) is 8.64. The maximum absolute atomic E-state index is 12.5. The summed E-state index contributed by atoms with van der Waals surface area (Å²) in [5, 5.41) is 9.70. The average Bonchev–Trinajstić information content (AvgIpc) is 3.03. The molecule has 0 aliphatic rings. The number of hydrogen-bond acceptors (Lipinski definition) is 5. The number of likely N-dealkylation sites (N-methyl/N-ethyl adjacent to an activating group) is 1. The van der Waals surface area contributed by atoms with Gasteiger partial charge in [-0.25, -0.2) is 4.98 Å². The number of para-hydroxylation sites is 1.